The van der Waals surface area contributed by atoms with E-state index in [-0.39, 0.29) is 5.92 Å². The third-order valence-electron chi connectivity index (χ3n) is 2.69. The summed E-state index contributed by atoms with van der Waals surface area (Å²) in [6.07, 6.45) is 4.71. The van der Waals surface area contributed by atoms with Crippen LogP contribution in [-0.2, 0) is 9.59 Å². The summed E-state index contributed by atoms with van der Waals surface area (Å²) in [6, 6.07) is 0. The van der Waals surface area contributed by atoms with E-state index in [4.69, 9.17) is 10.2 Å². The Morgan fingerprint density at radius 1 is 1.29 bits per heavy atom. The molecule has 1 aliphatic carbocycles. The number of carboxylic acid groups (broad SMARTS) is 2. The maximum Gasteiger partial charge on any atom is 0.307 e. The van der Waals surface area contributed by atoms with Gasteiger partial charge in [0.05, 0.1) is 11.8 Å². The predicted octanol–water partition coefficient (Wildman–Crippen LogP) is 1.37. The van der Waals surface area contributed by atoms with Crippen LogP contribution in [0.25, 0.3) is 0 Å². The van der Waals surface area contributed by atoms with E-state index in [1.807, 2.05) is 6.08 Å². The van der Waals surface area contributed by atoms with Crippen LogP contribution in [0.1, 0.15) is 19.8 Å². The number of carbonyl (C=O) groups is 2. The number of rotatable bonds is 2. The lowest BCUT2D eigenvalue weighted by Gasteiger charge is -2.21. The van der Waals surface area contributed by atoms with E-state index >= 15 is 0 Å². The summed E-state index contributed by atoms with van der Waals surface area (Å²) in [5, 5.41) is 17.9. The van der Waals surface area contributed by atoms with Crippen molar-refractivity contribution in [2.75, 3.05) is 0 Å². The van der Waals surface area contributed by atoms with Gasteiger partial charge in [0.25, 0.3) is 0 Å². The monoisotopic (exact) mass is 198 g/mol. The number of allylic oxidation sites excluding steroid dienone is 2. The van der Waals surface area contributed by atoms with Crippen molar-refractivity contribution in [1.82, 2.24) is 0 Å². The second-order valence-corrected chi connectivity index (χ2v) is 3.67. The minimum Gasteiger partial charge on any atom is -0.481 e. The fourth-order valence-electron chi connectivity index (χ4n) is 1.93. The van der Waals surface area contributed by atoms with E-state index in [0.717, 1.165) is 0 Å². The summed E-state index contributed by atoms with van der Waals surface area (Å²) in [6.45, 7) is 1.75. The van der Waals surface area contributed by atoms with Crippen LogP contribution in [0.3, 0.4) is 0 Å². The molecule has 0 saturated carbocycles. The van der Waals surface area contributed by atoms with E-state index < -0.39 is 23.8 Å². The number of hydrogen-bond acceptors (Lipinski definition) is 2. The first-order valence-electron chi connectivity index (χ1n) is 4.66. The molecule has 0 saturated heterocycles. The molecule has 0 bridgehead atoms. The van der Waals surface area contributed by atoms with Crippen molar-refractivity contribution in [3.05, 3.63) is 12.2 Å². The summed E-state index contributed by atoms with van der Waals surface area (Å²) >= 11 is 0. The van der Waals surface area contributed by atoms with Crippen molar-refractivity contribution in [2.24, 2.45) is 17.8 Å². The largest absolute Gasteiger partial charge is 0.481 e. The molecular weight excluding hydrogens is 184 g/mol. The highest BCUT2D eigenvalue weighted by molar-refractivity contribution is 5.80. The first-order valence-corrected chi connectivity index (χ1v) is 4.66. The van der Waals surface area contributed by atoms with E-state index in [1.54, 1.807) is 13.0 Å². The van der Waals surface area contributed by atoms with Crippen molar-refractivity contribution in [1.29, 1.82) is 0 Å². The zero-order valence-corrected chi connectivity index (χ0v) is 8.01. The van der Waals surface area contributed by atoms with Crippen LogP contribution in [0.15, 0.2) is 12.2 Å². The lowest BCUT2D eigenvalue weighted by Crippen LogP contribution is -2.33. The van der Waals surface area contributed by atoms with Crippen molar-refractivity contribution in [3.63, 3.8) is 0 Å². The second-order valence-electron chi connectivity index (χ2n) is 3.67. The first-order chi connectivity index (χ1) is 6.54. The average Bonchev–Trinajstić information content (AvgIpc) is 2.26. The molecule has 14 heavy (non-hydrogen) atoms. The Labute approximate surface area is 82.2 Å². The Balaban J connectivity index is 2.92. The van der Waals surface area contributed by atoms with Gasteiger partial charge >= 0.3 is 11.9 Å². The minimum atomic E-state index is -1.02. The summed E-state index contributed by atoms with van der Waals surface area (Å²) < 4.78 is 0. The standard InChI is InChI=1S/C10H14O4/c1-6-4-2-3-5-7(9(11)12)8(6)10(13)14/h2,4,6-8H,3,5H2,1H3,(H,11,12)(H,13,14). The van der Waals surface area contributed by atoms with Gasteiger partial charge in [-0.25, -0.2) is 0 Å². The fraction of sp³-hybridized carbons (Fsp3) is 0.600. The van der Waals surface area contributed by atoms with Crippen LogP contribution in [0.2, 0.25) is 0 Å². The Morgan fingerprint density at radius 2 is 1.93 bits per heavy atom. The van der Waals surface area contributed by atoms with Crippen molar-refractivity contribution < 1.29 is 19.8 Å². The summed E-state index contributed by atoms with van der Waals surface area (Å²) in [5.41, 5.74) is 0. The topological polar surface area (TPSA) is 74.6 Å². The second kappa shape index (κ2) is 4.26. The van der Waals surface area contributed by atoms with Gasteiger partial charge in [-0.05, 0) is 18.8 Å². The van der Waals surface area contributed by atoms with Crippen LogP contribution in [0, 0.1) is 17.8 Å². The summed E-state index contributed by atoms with van der Waals surface area (Å²) in [7, 11) is 0. The number of aliphatic carboxylic acids is 2. The molecule has 3 atom stereocenters. The normalized spacial score (nSPS) is 32.2. The molecule has 0 spiro atoms. The molecule has 0 heterocycles. The van der Waals surface area contributed by atoms with Gasteiger partial charge in [0.15, 0.2) is 0 Å². The van der Waals surface area contributed by atoms with Gasteiger partial charge in [-0.2, -0.15) is 0 Å². The molecule has 0 aliphatic heterocycles. The molecule has 1 aliphatic rings. The minimum absolute atomic E-state index is 0.212. The van der Waals surface area contributed by atoms with Gasteiger partial charge in [0, 0.05) is 0 Å². The zero-order chi connectivity index (χ0) is 10.7. The third-order valence-corrected chi connectivity index (χ3v) is 2.69. The van der Waals surface area contributed by atoms with Crippen molar-refractivity contribution in [2.45, 2.75) is 19.8 Å². The van der Waals surface area contributed by atoms with E-state index in [2.05, 4.69) is 0 Å². The molecule has 4 heteroatoms. The molecule has 78 valence electrons. The van der Waals surface area contributed by atoms with Gasteiger partial charge in [-0.15, -0.1) is 0 Å². The van der Waals surface area contributed by atoms with Crippen molar-refractivity contribution >= 4 is 11.9 Å². The lowest BCUT2D eigenvalue weighted by molar-refractivity contribution is -0.155. The van der Waals surface area contributed by atoms with Gasteiger partial charge in [-0.3, -0.25) is 9.59 Å². The Kier molecular flexibility index (Phi) is 3.28. The molecule has 0 aromatic heterocycles. The summed E-state index contributed by atoms with van der Waals surface area (Å²) in [5.74, 6) is -3.80. The van der Waals surface area contributed by atoms with Crippen LogP contribution >= 0.6 is 0 Å². The zero-order valence-electron chi connectivity index (χ0n) is 8.01. The van der Waals surface area contributed by atoms with Crippen LogP contribution < -0.4 is 0 Å². The highest BCUT2D eigenvalue weighted by Gasteiger charge is 2.37. The maximum atomic E-state index is 10.9. The SMILES string of the molecule is CC1C=CCCC(C(=O)O)C1C(=O)O. The quantitative estimate of drug-likeness (QED) is 0.657. The van der Waals surface area contributed by atoms with E-state index in [0.29, 0.717) is 12.8 Å². The molecule has 0 amide bonds. The third kappa shape index (κ3) is 2.13. The molecular formula is C10H14O4. The number of carboxylic acids is 2. The molecule has 3 unspecified atom stereocenters. The Hall–Kier alpha value is -1.32. The number of hydrogen-bond donors (Lipinski definition) is 2. The van der Waals surface area contributed by atoms with Crippen LogP contribution in [0.5, 0.6) is 0 Å². The van der Waals surface area contributed by atoms with Gasteiger partial charge in [0.2, 0.25) is 0 Å². The lowest BCUT2D eigenvalue weighted by atomic mass is 9.82. The van der Waals surface area contributed by atoms with E-state index in [1.165, 1.54) is 0 Å². The first kappa shape index (κ1) is 10.8. The maximum absolute atomic E-state index is 10.9. The Bertz CT molecular complexity index is 269. The van der Waals surface area contributed by atoms with Gasteiger partial charge in [0.1, 0.15) is 0 Å². The van der Waals surface area contributed by atoms with Crippen LogP contribution in [0.4, 0.5) is 0 Å². The molecule has 0 fully saturated rings. The molecule has 0 aromatic rings. The molecule has 2 N–H and O–H groups in total. The van der Waals surface area contributed by atoms with Gasteiger partial charge in [-0.1, -0.05) is 19.1 Å². The van der Waals surface area contributed by atoms with E-state index in [9.17, 15) is 9.59 Å². The van der Waals surface area contributed by atoms with Gasteiger partial charge < -0.3 is 10.2 Å². The van der Waals surface area contributed by atoms with Crippen molar-refractivity contribution in [3.8, 4) is 0 Å². The fourth-order valence-corrected chi connectivity index (χ4v) is 1.93. The molecule has 0 radical (unpaired) electrons. The molecule has 0 aromatic carbocycles. The van der Waals surface area contributed by atoms with Crippen LogP contribution in [-0.4, -0.2) is 22.2 Å². The highest BCUT2D eigenvalue weighted by Crippen LogP contribution is 2.30. The summed E-state index contributed by atoms with van der Waals surface area (Å²) in [4.78, 5) is 21.8. The highest BCUT2D eigenvalue weighted by atomic mass is 16.4. The molecule has 4 nitrogen and oxygen atoms in total. The smallest absolute Gasteiger partial charge is 0.307 e. The average molecular weight is 198 g/mol. The molecule has 1 rings (SSSR count). The predicted molar refractivity (Wildman–Crippen MR) is 49.8 cm³/mol. The Morgan fingerprint density at radius 3 is 2.43 bits per heavy atom.